The van der Waals surface area contributed by atoms with E-state index in [9.17, 15) is 10.1 Å². The Bertz CT molecular complexity index is 687. The number of anilines is 2. The number of nitro groups is 1. The molecule has 0 unspecified atom stereocenters. The van der Waals surface area contributed by atoms with Crippen LogP contribution < -0.4 is 9.80 Å². The maximum atomic E-state index is 10.7. The second-order valence-electron chi connectivity index (χ2n) is 5.89. The molecule has 0 aliphatic carbocycles. The topological polar surface area (TPSA) is 62.5 Å². The summed E-state index contributed by atoms with van der Waals surface area (Å²) in [5.74, 6) is 1.03. The molecule has 1 fully saturated rings. The second-order valence-corrected chi connectivity index (χ2v) is 5.89. The van der Waals surface area contributed by atoms with Gasteiger partial charge >= 0.3 is 0 Å². The van der Waals surface area contributed by atoms with E-state index < -0.39 is 0 Å². The molecular weight excluding hydrogens is 292 g/mol. The number of piperazine rings is 1. The van der Waals surface area contributed by atoms with E-state index >= 15 is 0 Å². The average molecular weight is 312 g/mol. The Balaban J connectivity index is 1.67. The van der Waals surface area contributed by atoms with Gasteiger partial charge in [0.05, 0.1) is 4.92 Å². The van der Waals surface area contributed by atoms with Crippen molar-refractivity contribution >= 4 is 17.2 Å². The van der Waals surface area contributed by atoms with Crippen LogP contribution in [-0.2, 0) is 0 Å². The van der Waals surface area contributed by atoms with E-state index in [1.165, 1.54) is 5.56 Å². The lowest BCUT2D eigenvalue weighted by Gasteiger charge is -2.36. The molecule has 1 aliphatic heterocycles. The van der Waals surface area contributed by atoms with Crippen LogP contribution >= 0.6 is 0 Å². The number of rotatable bonds is 3. The highest BCUT2D eigenvalue weighted by molar-refractivity contribution is 5.53. The Morgan fingerprint density at radius 1 is 1.00 bits per heavy atom. The molecule has 2 heterocycles. The number of aromatic nitrogens is 1. The summed E-state index contributed by atoms with van der Waals surface area (Å²) in [6.07, 6.45) is 0. The molecule has 6 heteroatoms. The summed E-state index contributed by atoms with van der Waals surface area (Å²) in [6, 6.07) is 11.0. The highest BCUT2D eigenvalue weighted by Gasteiger charge is 2.19. The number of aryl methyl sites for hydroxylation is 2. The van der Waals surface area contributed by atoms with E-state index in [1.807, 2.05) is 19.1 Å². The molecule has 0 saturated carbocycles. The summed E-state index contributed by atoms with van der Waals surface area (Å²) in [5, 5.41) is 10.7. The van der Waals surface area contributed by atoms with Crippen LogP contribution in [0.5, 0.6) is 0 Å². The van der Waals surface area contributed by atoms with Crippen LogP contribution in [0.1, 0.15) is 11.3 Å². The number of hydrogen-bond donors (Lipinski definition) is 0. The molecule has 23 heavy (non-hydrogen) atoms. The molecule has 0 N–H and O–H groups in total. The Hall–Kier alpha value is -2.63. The summed E-state index contributed by atoms with van der Waals surface area (Å²) in [6.45, 7) is 7.66. The van der Waals surface area contributed by atoms with Crippen LogP contribution in [0.4, 0.5) is 17.2 Å². The summed E-state index contributed by atoms with van der Waals surface area (Å²) < 4.78 is 0. The maximum Gasteiger partial charge on any atom is 0.269 e. The van der Waals surface area contributed by atoms with E-state index in [4.69, 9.17) is 0 Å². The van der Waals surface area contributed by atoms with E-state index in [0.29, 0.717) is 0 Å². The van der Waals surface area contributed by atoms with Crippen molar-refractivity contribution in [2.24, 2.45) is 0 Å². The third-order valence-corrected chi connectivity index (χ3v) is 4.11. The molecule has 120 valence electrons. The van der Waals surface area contributed by atoms with Crippen LogP contribution in [-0.4, -0.2) is 36.1 Å². The number of non-ortho nitro benzene ring substituents is 1. The van der Waals surface area contributed by atoms with Crippen molar-refractivity contribution in [1.82, 2.24) is 4.98 Å². The van der Waals surface area contributed by atoms with Crippen LogP contribution in [0.25, 0.3) is 0 Å². The standard InChI is InChI=1S/C17H20N4O2/c1-13-11-14(2)18-17(12-13)20-9-7-19(8-10-20)15-3-5-16(6-4-15)21(22)23/h3-6,11-12H,7-10H2,1-2H3. The molecule has 0 atom stereocenters. The van der Waals surface area contributed by atoms with Gasteiger partial charge in [-0.3, -0.25) is 10.1 Å². The lowest BCUT2D eigenvalue weighted by Crippen LogP contribution is -2.46. The molecule has 1 aromatic heterocycles. The zero-order valence-electron chi connectivity index (χ0n) is 13.4. The number of benzene rings is 1. The van der Waals surface area contributed by atoms with Crippen LogP contribution in [0.2, 0.25) is 0 Å². The molecule has 0 radical (unpaired) electrons. The predicted octanol–water partition coefficient (Wildman–Crippen LogP) is 2.93. The third kappa shape index (κ3) is 3.41. The minimum Gasteiger partial charge on any atom is -0.368 e. The minimum atomic E-state index is -0.368. The first kappa shape index (κ1) is 15.3. The number of pyridine rings is 1. The van der Waals surface area contributed by atoms with Gasteiger partial charge < -0.3 is 9.80 Å². The second kappa shape index (κ2) is 6.24. The van der Waals surface area contributed by atoms with E-state index in [1.54, 1.807) is 12.1 Å². The highest BCUT2D eigenvalue weighted by Crippen LogP contribution is 2.22. The van der Waals surface area contributed by atoms with Gasteiger partial charge in [-0.25, -0.2) is 4.98 Å². The summed E-state index contributed by atoms with van der Waals surface area (Å²) in [4.78, 5) is 19.5. The van der Waals surface area contributed by atoms with Crippen molar-refractivity contribution in [3.63, 3.8) is 0 Å². The summed E-state index contributed by atoms with van der Waals surface area (Å²) in [5.41, 5.74) is 3.43. The van der Waals surface area contributed by atoms with Crippen LogP contribution in [0, 0.1) is 24.0 Å². The fourth-order valence-corrected chi connectivity index (χ4v) is 2.96. The van der Waals surface area contributed by atoms with Crippen molar-refractivity contribution in [3.8, 4) is 0 Å². The average Bonchev–Trinajstić information content (AvgIpc) is 2.54. The minimum absolute atomic E-state index is 0.131. The van der Waals surface area contributed by atoms with Gasteiger partial charge in [0.25, 0.3) is 5.69 Å². The SMILES string of the molecule is Cc1cc(C)nc(N2CCN(c3ccc([N+](=O)[O-])cc3)CC2)c1. The van der Waals surface area contributed by atoms with Gasteiger partial charge in [0.1, 0.15) is 5.82 Å². The maximum absolute atomic E-state index is 10.7. The monoisotopic (exact) mass is 312 g/mol. The zero-order chi connectivity index (χ0) is 16.4. The van der Waals surface area contributed by atoms with E-state index in [-0.39, 0.29) is 10.6 Å². The van der Waals surface area contributed by atoms with Gasteiger partial charge in [-0.1, -0.05) is 0 Å². The van der Waals surface area contributed by atoms with Crippen molar-refractivity contribution in [2.45, 2.75) is 13.8 Å². The molecule has 0 spiro atoms. The summed E-state index contributed by atoms with van der Waals surface area (Å²) in [7, 11) is 0. The lowest BCUT2D eigenvalue weighted by molar-refractivity contribution is -0.384. The van der Waals surface area contributed by atoms with Gasteiger partial charge in [0, 0.05) is 49.7 Å². The normalized spacial score (nSPS) is 14.9. The van der Waals surface area contributed by atoms with Gasteiger partial charge in [-0.15, -0.1) is 0 Å². The molecule has 0 amide bonds. The van der Waals surface area contributed by atoms with Crippen molar-refractivity contribution in [2.75, 3.05) is 36.0 Å². The van der Waals surface area contributed by atoms with Crippen molar-refractivity contribution in [3.05, 3.63) is 57.8 Å². The lowest BCUT2D eigenvalue weighted by atomic mass is 10.2. The Kier molecular flexibility index (Phi) is 4.14. The molecule has 1 saturated heterocycles. The van der Waals surface area contributed by atoms with Crippen LogP contribution in [0.15, 0.2) is 36.4 Å². The quantitative estimate of drug-likeness (QED) is 0.644. The van der Waals surface area contributed by atoms with Gasteiger partial charge in [0.2, 0.25) is 0 Å². The third-order valence-electron chi connectivity index (χ3n) is 4.11. The largest absolute Gasteiger partial charge is 0.368 e. The first-order valence-electron chi connectivity index (χ1n) is 7.72. The van der Waals surface area contributed by atoms with Gasteiger partial charge in [-0.05, 0) is 43.7 Å². The zero-order valence-corrected chi connectivity index (χ0v) is 13.4. The number of nitro benzene ring substituents is 1. The molecule has 2 aromatic rings. The summed E-state index contributed by atoms with van der Waals surface area (Å²) >= 11 is 0. The smallest absolute Gasteiger partial charge is 0.269 e. The Labute approximate surface area is 135 Å². The number of hydrogen-bond acceptors (Lipinski definition) is 5. The first-order chi connectivity index (χ1) is 11.0. The van der Waals surface area contributed by atoms with Gasteiger partial charge in [0.15, 0.2) is 0 Å². The fourth-order valence-electron chi connectivity index (χ4n) is 2.96. The number of nitrogens with zero attached hydrogens (tertiary/aromatic N) is 4. The fraction of sp³-hybridized carbons (Fsp3) is 0.353. The van der Waals surface area contributed by atoms with Gasteiger partial charge in [-0.2, -0.15) is 0 Å². The molecular formula is C17H20N4O2. The van der Waals surface area contributed by atoms with E-state index in [0.717, 1.165) is 43.4 Å². The molecule has 1 aromatic carbocycles. The van der Waals surface area contributed by atoms with Crippen LogP contribution in [0.3, 0.4) is 0 Å². The Morgan fingerprint density at radius 2 is 1.61 bits per heavy atom. The highest BCUT2D eigenvalue weighted by atomic mass is 16.6. The molecule has 6 nitrogen and oxygen atoms in total. The predicted molar refractivity (Wildman–Crippen MR) is 91.2 cm³/mol. The van der Waals surface area contributed by atoms with Crippen molar-refractivity contribution in [1.29, 1.82) is 0 Å². The molecule has 0 bridgehead atoms. The molecule has 1 aliphatic rings. The Morgan fingerprint density at radius 3 is 2.17 bits per heavy atom. The van der Waals surface area contributed by atoms with Crippen molar-refractivity contribution < 1.29 is 4.92 Å². The van der Waals surface area contributed by atoms with E-state index in [2.05, 4.69) is 33.8 Å². The molecule has 3 rings (SSSR count). The first-order valence-corrected chi connectivity index (χ1v) is 7.72.